The van der Waals surface area contributed by atoms with E-state index in [1.165, 1.54) is 0 Å². The predicted octanol–water partition coefficient (Wildman–Crippen LogP) is 2.37. The summed E-state index contributed by atoms with van der Waals surface area (Å²) in [5.41, 5.74) is 3.57. The van der Waals surface area contributed by atoms with Crippen LogP contribution in [0.4, 0.5) is 17.3 Å². The predicted molar refractivity (Wildman–Crippen MR) is 136 cm³/mol. The summed E-state index contributed by atoms with van der Waals surface area (Å²) in [5, 5.41) is 10.6. The van der Waals surface area contributed by atoms with E-state index in [4.69, 9.17) is 9.72 Å². The van der Waals surface area contributed by atoms with Crippen molar-refractivity contribution in [2.24, 2.45) is 0 Å². The lowest BCUT2D eigenvalue weighted by Gasteiger charge is -2.37. The number of nitrogens with zero attached hydrogens (tertiary/aromatic N) is 5. The molecule has 3 heterocycles. The molecule has 0 saturated carbocycles. The number of morpholine rings is 1. The van der Waals surface area contributed by atoms with Crippen molar-refractivity contribution in [1.29, 1.82) is 0 Å². The molecule has 1 aromatic heterocycles. The smallest absolute Gasteiger partial charge is 0.245 e. The molecule has 35 heavy (non-hydrogen) atoms. The number of carbonyl (C=O) groups is 1. The van der Waals surface area contributed by atoms with Gasteiger partial charge in [0.1, 0.15) is 0 Å². The van der Waals surface area contributed by atoms with Crippen LogP contribution in [0, 0.1) is 0 Å². The lowest BCUT2D eigenvalue weighted by Crippen LogP contribution is -2.47. The van der Waals surface area contributed by atoms with Gasteiger partial charge in [-0.1, -0.05) is 30.3 Å². The van der Waals surface area contributed by atoms with Crippen molar-refractivity contribution >= 4 is 23.2 Å². The zero-order valence-electron chi connectivity index (χ0n) is 19.8. The van der Waals surface area contributed by atoms with E-state index in [-0.39, 0.29) is 5.91 Å². The van der Waals surface area contributed by atoms with E-state index in [1.54, 1.807) is 6.20 Å². The number of benzene rings is 2. The molecule has 2 N–H and O–H groups in total. The van der Waals surface area contributed by atoms with Gasteiger partial charge in [-0.2, -0.15) is 0 Å². The highest BCUT2D eigenvalue weighted by Gasteiger charge is 2.23. The Balaban J connectivity index is 1.31. The Bertz CT molecular complexity index is 1100. The van der Waals surface area contributed by atoms with E-state index < -0.39 is 0 Å². The third-order valence-corrected chi connectivity index (χ3v) is 6.14. The summed E-state index contributed by atoms with van der Waals surface area (Å²) < 4.78 is 5.55. The number of ether oxygens (including phenoxy) is 1. The van der Waals surface area contributed by atoms with E-state index in [0.29, 0.717) is 25.7 Å². The van der Waals surface area contributed by atoms with E-state index in [1.807, 2.05) is 48.5 Å². The van der Waals surface area contributed by atoms with Crippen LogP contribution in [-0.2, 0) is 9.53 Å². The van der Waals surface area contributed by atoms with Crippen LogP contribution in [0.1, 0.15) is 0 Å². The van der Waals surface area contributed by atoms with Gasteiger partial charge in [-0.05, 0) is 30.3 Å². The number of hydrogen-bond acceptors (Lipinski definition) is 8. The van der Waals surface area contributed by atoms with Gasteiger partial charge in [0.15, 0.2) is 0 Å². The Hall–Kier alpha value is -3.37. The van der Waals surface area contributed by atoms with Gasteiger partial charge in [0.05, 0.1) is 31.1 Å². The van der Waals surface area contributed by atoms with Gasteiger partial charge >= 0.3 is 0 Å². The fraction of sp³-hybridized carbons (Fsp3) is 0.346. The first-order valence-electron chi connectivity index (χ1n) is 12.1. The molecule has 0 unspecified atom stereocenters. The summed E-state index contributed by atoms with van der Waals surface area (Å²) in [6, 6.07) is 19.9. The Morgan fingerprint density at radius 3 is 2.46 bits per heavy atom. The molecule has 2 fully saturated rings. The molecule has 0 radical (unpaired) electrons. The van der Waals surface area contributed by atoms with Crippen LogP contribution >= 0.6 is 0 Å². The van der Waals surface area contributed by atoms with Crippen molar-refractivity contribution in [2.75, 3.05) is 69.4 Å². The molecule has 0 atom stereocenters. The molecular weight excluding hydrogens is 442 g/mol. The number of anilines is 3. The lowest BCUT2D eigenvalue weighted by atomic mass is 10.1. The highest BCUT2D eigenvalue weighted by Crippen LogP contribution is 2.27. The fourth-order valence-corrected chi connectivity index (χ4v) is 4.34. The number of nitrogens with one attached hydrogen (secondary N) is 2. The van der Waals surface area contributed by atoms with Gasteiger partial charge in [0.25, 0.3) is 0 Å². The molecule has 1 amide bonds. The molecule has 2 aliphatic heterocycles. The van der Waals surface area contributed by atoms with Crippen molar-refractivity contribution in [2.45, 2.75) is 0 Å². The van der Waals surface area contributed by atoms with E-state index in [9.17, 15) is 4.79 Å². The molecule has 182 valence electrons. The second kappa shape index (κ2) is 11.4. The van der Waals surface area contributed by atoms with Crippen molar-refractivity contribution in [1.82, 2.24) is 25.2 Å². The topological polar surface area (TPSA) is 85.9 Å². The Morgan fingerprint density at radius 2 is 1.71 bits per heavy atom. The van der Waals surface area contributed by atoms with Crippen LogP contribution < -0.4 is 15.6 Å². The van der Waals surface area contributed by atoms with Gasteiger partial charge in [-0.15, -0.1) is 0 Å². The largest absolute Gasteiger partial charge is 0.379 e. The molecule has 0 aliphatic carbocycles. The molecule has 3 aromatic rings. The number of piperazine rings is 1. The average Bonchev–Trinajstić information content (AvgIpc) is 2.91. The maximum Gasteiger partial charge on any atom is 0.245 e. The number of hydrogen-bond donors (Lipinski definition) is 2. The molecule has 0 spiro atoms. The average molecular weight is 474 g/mol. The normalized spacial score (nSPS) is 17.1. The molecule has 2 saturated heterocycles. The van der Waals surface area contributed by atoms with Crippen LogP contribution in [-0.4, -0.2) is 84.8 Å². The summed E-state index contributed by atoms with van der Waals surface area (Å²) in [4.78, 5) is 24.1. The first-order valence-corrected chi connectivity index (χ1v) is 12.1. The first kappa shape index (κ1) is 23.4. The SMILES string of the molecule is O=C(CN1CCNCC1)Nc1ccc(-c2ccnc(N(c3ccccc3)N3CCOCC3)n2)cc1. The monoisotopic (exact) mass is 473 g/mol. The lowest BCUT2D eigenvalue weighted by molar-refractivity contribution is -0.117. The zero-order valence-corrected chi connectivity index (χ0v) is 19.8. The molecule has 5 rings (SSSR count). The van der Waals surface area contributed by atoms with Crippen molar-refractivity contribution < 1.29 is 9.53 Å². The summed E-state index contributed by atoms with van der Waals surface area (Å²) in [7, 11) is 0. The number of hydrazine groups is 1. The molecule has 9 nitrogen and oxygen atoms in total. The number of aromatic nitrogens is 2. The second-order valence-corrected chi connectivity index (χ2v) is 8.61. The number of carbonyl (C=O) groups excluding carboxylic acids is 1. The van der Waals surface area contributed by atoms with Crippen LogP contribution in [0.5, 0.6) is 0 Å². The van der Waals surface area contributed by atoms with Crippen LogP contribution in [0.3, 0.4) is 0 Å². The minimum atomic E-state index is 0.00739. The minimum absolute atomic E-state index is 0.00739. The highest BCUT2D eigenvalue weighted by molar-refractivity contribution is 5.92. The maximum atomic E-state index is 12.4. The number of rotatable bonds is 7. The van der Waals surface area contributed by atoms with E-state index >= 15 is 0 Å². The number of para-hydroxylation sites is 1. The zero-order chi connectivity index (χ0) is 23.9. The van der Waals surface area contributed by atoms with Crippen LogP contribution in [0.2, 0.25) is 0 Å². The molecule has 9 heteroatoms. The van der Waals surface area contributed by atoms with Gasteiger partial charge in [0, 0.05) is 56.7 Å². The Labute approximate surface area is 205 Å². The van der Waals surface area contributed by atoms with E-state index in [0.717, 1.165) is 61.9 Å². The fourth-order valence-electron chi connectivity index (χ4n) is 4.34. The number of amides is 1. The molecule has 2 aromatic carbocycles. The Kier molecular flexibility index (Phi) is 7.59. The third-order valence-electron chi connectivity index (χ3n) is 6.14. The van der Waals surface area contributed by atoms with Gasteiger partial charge in [0.2, 0.25) is 11.9 Å². The first-order chi connectivity index (χ1) is 17.3. The summed E-state index contributed by atoms with van der Waals surface area (Å²) >= 11 is 0. The molecular formula is C26H31N7O2. The van der Waals surface area contributed by atoms with E-state index in [2.05, 4.69) is 42.7 Å². The standard InChI is InChI=1S/C26H31N7O2/c34-25(20-31-14-12-27-13-15-31)29-22-8-6-21(7-9-22)24-10-11-28-26(30-24)33(23-4-2-1-3-5-23)32-16-18-35-19-17-32/h1-11,27H,12-20H2,(H,29,34). The highest BCUT2D eigenvalue weighted by atomic mass is 16.5. The Morgan fingerprint density at radius 1 is 0.971 bits per heavy atom. The van der Waals surface area contributed by atoms with Crippen molar-refractivity contribution in [3.05, 3.63) is 66.9 Å². The van der Waals surface area contributed by atoms with Crippen LogP contribution in [0.25, 0.3) is 11.3 Å². The van der Waals surface area contributed by atoms with Gasteiger partial charge in [-0.25, -0.2) is 20.0 Å². The van der Waals surface area contributed by atoms with Gasteiger partial charge in [-0.3, -0.25) is 9.69 Å². The minimum Gasteiger partial charge on any atom is -0.379 e. The second-order valence-electron chi connectivity index (χ2n) is 8.61. The summed E-state index contributed by atoms with van der Waals surface area (Å²) in [6.07, 6.45) is 1.79. The van der Waals surface area contributed by atoms with Crippen LogP contribution in [0.15, 0.2) is 66.9 Å². The van der Waals surface area contributed by atoms with Gasteiger partial charge < -0.3 is 15.4 Å². The van der Waals surface area contributed by atoms with Crippen molar-refractivity contribution in [3.63, 3.8) is 0 Å². The quantitative estimate of drug-likeness (QED) is 0.541. The summed E-state index contributed by atoms with van der Waals surface area (Å²) in [6.45, 7) is 6.94. The summed E-state index contributed by atoms with van der Waals surface area (Å²) in [5.74, 6) is 0.622. The molecule has 2 aliphatic rings. The van der Waals surface area contributed by atoms with Crippen molar-refractivity contribution in [3.8, 4) is 11.3 Å². The maximum absolute atomic E-state index is 12.4. The molecule has 0 bridgehead atoms. The third kappa shape index (κ3) is 6.01.